The smallest absolute Gasteiger partial charge is 0.364 e. The third-order valence-corrected chi connectivity index (χ3v) is 1.92. The third kappa shape index (κ3) is 2.80. The monoisotopic (exact) mass is 210 g/mol. The van der Waals surface area contributed by atoms with E-state index in [1.54, 1.807) is 25.1 Å². The molecule has 1 rings (SSSR count). The number of aliphatic carboxylic acids is 1. The van der Waals surface area contributed by atoms with Gasteiger partial charge in [-0.15, -0.1) is 0 Å². The van der Waals surface area contributed by atoms with Crippen LogP contribution in [0.4, 0.5) is 4.39 Å². The zero-order valence-electron chi connectivity index (χ0n) is 8.45. The van der Waals surface area contributed by atoms with Crippen LogP contribution >= 0.6 is 0 Å². The van der Waals surface area contributed by atoms with Crippen LogP contribution in [0.25, 0.3) is 6.08 Å². The van der Waals surface area contributed by atoms with Crippen LogP contribution < -0.4 is 4.74 Å². The van der Waals surface area contributed by atoms with E-state index >= 15 is 0 Å². The summed E-state index contributed by atoms with van der Waals surface area (Å²) in [6.45, 7) is 1.80. The molecule has 15 heavy (non-hydrogen) atoms. The molecule has 0 unspecified atom stereocenters. The molecule has 3 nitrogen and oxygen atoms in total. The van der Waals surface area contributed by atoms with Gasteiger partial charge in [0.2, 0.25) is 5.83 Å². The molecule has 0 amide bonds. The summed E-state index contributed by atoms with van der Waals surface area (Å²) in [5.74, 6) is -2.06. The molecular weight excluding hydrogens is 199 g/mol. The molecule has 80 valence electrons. The van der Waals surface area contributed by atoms with Crippen molar-refractivity contribution in [3.05, 3.63) is 35.2 Å². The van der Waals surface area contributed by atoms with Crippen molar-refractivity contribution in [2.45, 2.75) is 6.92 Å². The maximum Gasteiger partial charge on any atom is 0.364 e. The van der Waals surface area contributed by atoms with Gasteiger partial charge in [0.1, 0.15) is 5.75 Å². The van der Waals surface area contributed by atoms with E-state index in [2.05, 4.69) is 0 Å². The van der Waals surface area contributed by atoms with E-state index in [0.717, 1.165) is 11.6 Å². The second-order valence-corrected chi connectivity index (χ2v) is 3.03. The molecule has 0 radical (unpaired) electrons. The SMILES string of the molecule is COc1ccc(/C=C(/F)C(=O)O)cc1C. The Hall–Kier alpha value is -1.84. The van der Waals surface area contributed by atoms with Crippen molar-refractivity contribution in [2.75, 3.05) is 7.11 Å². The predicted octanol–water partition coefficient (Wildman–Crippen LogP) is 2.40. The van der Waals surface area contributed by atoms with E-state index in [-0.39, 0.29) is 0 Å². The van der Waals surface area contributed by atoms with E-state index in [9.17, 15) is 9.18 Å². The van der Waals surface area contributed by atoms with Crippen LogP contribution in [0.3, 0.4) is 0 Å². The highest BCUT2D eigenvalue weighted by Crippen LogP contribution is 2.20. The van der Waals surface area contributed by atoms with Crippen LogP contribution in [0.15, 0.2) is 24.0 Å². The van der Waals surface area contributed by atoms with Gasteiger partial charge in [-0.1, -0.05) is 6.07 Å². The Morgan fingerprint density at radius 1 is 1.53 bits per heavy atom. The van der Waals surface area contributed by atoms with E-state index in [1.165, 1.54) is 7.11 Å². The Kier molecular flexibility index (Phi) is 3.44. The minimum absolute atomic E-state index is 0.494. The van der Waals surface area contributed by atoms with Gasteiger partial charge >= 0.3 is 5.97 Å². The van der Waals surface area contributed by atoms with E-state index in [4.69, 9.17) is 9.84 Å². The molecule has 0 saturated carbocycles. The number of rotatable bonds is 3. The van der Waals surface area contributed by atoms with Gasteiger partial charge in [-0.3, -0.25) is 0 Å². The van der Waals surface area contributed by atoms with Gasteiger partial charge in [-0.2, -0.15) is 4.39 Å². The minimum Gasteiger partial charge on any atom is -0.496 e. The van der Waals surface area contributed by atoms with Gasteiger partial charge < -0.3 is 9.84 Å². The van der Waals surface area contributed by atoms with Crippen LogP contribution in [-0.2, 0) is 4.79 Å². The maximum atomic E-state index is 12.8. The molecular formula is C11H11FO3. The summed E-state index contributed by atoms with van der Waals surface area (Å²) in [6, 6.07) is 4.91. The first-order chi connectivity index (χ1) is 7.04. The molecule has 4 heteroatoms. The lowest BCUT2D eigenvalue weighted by molar-refractivity contribution is -0.134. The number of carboxylic acid groups (broad SMARTS) is 1. The van der Waals surface area contributed by atoms with E-state index in [0.29, 0.717) is 11.3 Å². The molecule has 1 N–H and O–H groups in total. The van der Waals surface area contributed by atoms with Gasteiger partial charge in [-0.25, -0.2) is 4.79 Å². The van der Waals surface area contributed by atoms with Gasteiger partial charge in [-0.05, 0) is 36.3 Å². The summed E-state index contributed by atoms with van der Waals surface area (Å²) in [6.07, 6.45) is 0.967. The Morgan fingerprint density at radius 3 is 2.67 bits per heavy atom. The summed E-state index contributed by atoms with van der Waals surface area (Å²) >= 11 is 0. The zero-order chi connectivity index (χ0) is 11.4. The number of aryl methyl sites for hydroxylation is 1. The first-order valence-electron chi connectivity index (χ1n) is 4.29. The van der Waals surface area contributed by atoms with Crippen molar-refractivity contribution >= 4 is 12.0 Å². The normalized spacial score (nSPS) is 11.3. The Bertz CT molecular complexity index is 410. The first kappa shape index (κ1) is 11.2. The molecule has 0 aromatic heterocycles. The number of carboxylic acids is 1. The predicted molar refractivity (Wildman–Crippen MR) is 54.5 cm³/mol. The highest BCUT2D eigenvalue weighted by atomic mass is 19.1. The number of methoxy groups -OCH3 is 1. The van der Waals surface area contributed by atoms with Crippen LogP contribution in [0, 0.1) is 6.92 Å². The fourth-order valence-electron chi connectivity index (χ4n) is 1.20. The van der Waals surface area contributed by atoms with Crippen LogP contribution in [0.1, 0.15) is 11.1 Å². The zero-order valence-corrected chi connectivity index (χ0v) is 8.45. The molecule has 0 bridgehead atoms. The Morgan fingerprint density at radius 2 is 2.20 bits per heavy atom. The lowest BCUT2D eigenvalue weighted by atomic mass is 10.1. The lowest BCUT2D eigenvalue weighted by Crippen LogP contribution is -1.94. The minimum atomic E-state index is -1.57. The van der Waals surface area contributed by atoms with Crippen molar-refractivity contribution in [1.29, 1.82) is 0 Å². The molecule has 0 atom stereocenters. The van der Waals surface area contributed by atoms with Crippen molar-refractivity contribution in [1.82, 2.24) is 0 Å². The fourth-order valence-corrected chi connectivity index (χ4v) is 1.20. The lowest BCUT2D eigenvalue weighted by Gasteiger charge is -2.04. The van der Waals surface area contributed by atoms with Gasteiger partial charge in [0.15, 0.2) is 0 Å². The first-order valence-corrected chi connectivity index (χ1v) is 4.29. The molecule has 0 aliphatic heterocycles. The van der Waals surface area contributed by atoms with Crippen molar-refractivity contribution in [3.63, 3.8) is 0 Å². The standard InChI is InChI=1S/C11H11FO3/c1-7-5-8(3-4-10(7)15-2)6-9(12)11(13)14/h3-6H,1-2H3,(H,13,14)/b9-6+. The Labute approximate surface area is 86.8 Å². The number of hydrogen-bond donors (Lipinski definition) is 1. The van der Waals surface area contributed by atoms with Crippen molar-refractivity contribution in [3.8, 4) is 5.75 Å². The molecule has 1 aromatic rings. The molecule has 0 aliphatic carbocycles. The van der Waals surface area contributed by atoms with Crippen LogP contribution in [-0.4, -0.2) is 18.2 Å². The summed E-state index contributed by atoms with van der Waals surface area (Å²) in [4.78, 5) is 10.2. The highest BCUT2D eigenvalue weighted by Gasteiger charge is 2.05. The summed E-state index contributed by atoms with van der Waals surface area (Å²) in [5.41, 5.74) is 1.32. The van der Waals surface area contributed by atoms with Crippen molar-refractivity contribution in [2.24, 2.45) is 0 Å². The van der Waals surface area contributed by atoms with E-state index in [1.807, 2.05) is 0 Å². The van der Waals surface area contributed by atoms with E-state index < -0.39 is 11.8 Å². The number of benzene rings is 1. The van der Waals surface area contributed by atoms with Gasteiger partial charge in [0, 0.05) is 0 Å². The average Bonchev–Trinajstić information content (AvgIpc) is 2.18. The molecule has 0 spiro atoms. The fraction of sp³-hybridized carbons (Fsp3) is 0.182. The maximum absolute atomic E-state index is 12.8. The van der Waals surface area contributed by atoms with Gasteiger partial charge in [0.05, 0.1) is 7.11 Å². The highest BCUT2D eigenvalue weighted by molar-refractivity contribution is 5.89. The summed E-state index contributed by atoms with van der Waals surface area (Å²) < 4.78 is 17.8. The molecule has 1 aromatic carbocycles. The average molecular weight is 210 g/mol. The summed E-state index contributed by atoms with van der Waals surface area (Å²) in [7, 11) is 1.54. The number of ether oxygens (including phenoxy) is 1. The molecule has 0 fully saturated rings. The second-order valence-electron chi connectivity index (χ2n) is 3.03. The molecule has 0 aliphatic rings. The van der Waals surface area contributed by atoms with Gasteiger partial charge in [0.25, 0.3) is 0 Å². The quantitative estimate of drug-likeness (QED) is 0.779. The largest absolute Gasteiger partial charge is 0.496 e. The number of carbonyl (C=O) groups is 1. The third-order valence-electron chi connectivity index (χ3n) is 1.92. The number of halogens is 1. The Balaban J connectivity index is 3.03. The summed E-state index contributed by atoms with van der Waals surface area (Å²) in [5, 5.41) is 8.35. The molecule has 0 heterocycles. The molecule has 0 saturated heterocycles. The van der Waals surface area contributed by atoms with Crippen LogP contribution in [0.2, 0.25) is 0 Å². The number of hydrogen-bond acceptors (Lipinski definition) is 2. The van der Waals surface area contributed by atoms with Crippen molar-refractivity contribution < 1.29 is 19.0 Å². The second kappa shape index (κ2) is 4.59. The topological polar surface area (TPSA) is 46.5 Å². The van der Waals surface area contributed by atoms with Crippen LogP contribution in [0.5, 0.6) is 5.75 Å².